The molecule has 0 unspecified atom stereocenters. The predicted molar refractivity (Wildman–Crippen MR) is 129 cm³/mol. The standard InChI is InChI=1S/C27H31N3O2/c1-19(2)16-26(30-14-6-7-15-30)27(31)29-17-23(20-10-12-21(32-3)13-11-20)24-18-28-25-9-5-4-8-22(24)25/h4-15,18-19,23,26,28H,16-17H2,1-3H3,(H,29,31)/t23-,26-/m1/s1. The molecule has 166 valence electrons. The zero-order valence-electron chi connectivity index (χ0n) is 18.9. The number of nitrogens with zero attached hydrogens (tertiary/aromatic N) is 1. The molecule has 0 aliphatic carbocycles. The Balaban J connectivity index is 1.62. The lowest BCUT2D eigenvalue weighted by atomic mass is 9.90. The first-order valence-electron chi connectivity index (χ1n) is 11.2. The Morgan fingerprint density at radius 3 is 2.44 bits per heavy atom. The summed E-state index contributed by atoms with van der Waals surface area (Å²) in [7, 11) is 1.67. The summed E-state index contributed by atoms with van der Waals surface area (Å²) < 4.78 is 7.34. The van der Waals surface area contributed by atoms with E-state index in [1.54, 1.807) is 7.11 Å². The summed E-state index contributed by atoms with van der Waals surface area (Å²) in [5, 5.41) is 4.42. The van der Waals surface area contributed by atoms with Crippen LogP contribution in [0, 0.1) is 5.92 Å². The second-order valence-electron chi connectivity index (χ2n) is 8.64. The van der Waals surface area contributed by atoms with E-state index in [1.165, 1.54) is 10.9 Å². The maximum atomic E-state index is 13.3. The molecule has 5 heteroatoms. The molecule has 0 saturated carbocycles. The van der Waals surface area contributed by atoms with Gasteiger partial charge in [0.25, 0.3) is 0 Å². The van der Waals surface area contributed by atoms with Crippen molar-refractivity contribution in [3.8, 4) is 5.75 Å². The van der Waals surface area contributed by atoms with Gasteiger partial charge in [-0.15, -0.1) is 0 Å². The SMILES string of the molecule is COc1ccc([C@@H](CNC(=O)[C@@H](CC(C)C)n2cccc2)c2c[nH]c3ccccc23)cc1. The maximum absolute atomic E-state index is 13.3. The van der Waals surface area contributed by atoms with E-state index in [0.717, 1.165) is 23.3 Å². The van der Waals surface area contributed by atoms with Gasteiger partial charge in [0.15, 0.2) is 0 Å². The minimum atomic E-state index is -0.218. The summed E-state index contributed by atoms with van der Waals surface area (Å²) in [4.78, 5) is 16.7. The zero-order valence-corrected chi connectivity index (χ0v) is 18.9. The minimum Gasteiger partial charge on any atom is -0.497 e. The average molecular weight is 430 g/mol. The van der Waals surface area contributed by atoms with Gasteiger partial charge in [-0.2, -0.15) is 0 Å². The average Bonchev–Trinajstić information content (AvgIpc) is 3.48. The Bertz CT molecular complexity index is 1140. The van der Waals surface area contributed by atoms with E-state index in [4.69, 9.17) is 4.74 Å². The van der Waals surface area contributed by atoms with Gasteiger partial charge in [-0.25, -0.2) is 0 Å². The van der Waals surface area contributed by atoms with Crippen molar-refractivity contribution in [1.82, 2.24) is 14.9 Å². The lowest BCUT2D eigenvalue weighted by Crippen LogP contribution is -2.35. The third-order valence-electron chi connectivity index (χ3n) is 5.98. The van der Waals surface area contributed by atoms with Gasteiger partial charge in [-0.3, -0.25) is 4.79 Å². The number of aromatic amines is 1. The van der Waals surface area contributed by atoms with Crippen molar-refractivity contribution in [2.24, 2.45) is 5.92 Å². The maximum Gasteiger partial charge on any atom is 0.243 e. The Morgan fingerprint density at radius 1 is 1.03 bits per heavy atom. The van der Waals surface area contributed by atoms with Crippen LogP contribution in [0.4, 0.5) is 0 Å². The van der Waals surface area contributed by atoms with Crippen molar-refractivity contribution >= 4 is 16.8 Å². The predicted octanol–water partition coefficient (Wildman–Crippen LogP) is 5.51. The van der Waals surface area contributed by atoms with Crippen molar-refractivity contribution in [3.05, 3.63) is 90.4 Å². The Morgan fingerprint density at radius 2 is 1.75 bits per heavy atom. The molecule has 2 heterocycles. The fourth-order valence-corrected chi connectivity index (χ4v) is 4.31. The number of aromatic nitrogens is 2. The molecule has 0 saturated heterocycles. The molecule has 0 spiro atoms. The number of hydrogen-bond acceptors (Lipinski definition) is 2. The lowest BCUT2D eigenvalue weighted by Gasteiger charge is -2.23. The zero-order chi connectivity index (χ0) is 22.5. The van der Waals surface area contributed by atoms with Crippen molar-refractivity contribution in [2.45, 2.75) is 32.2 Å². The number of benzene rings is 2. The van der Waals surface area contributed by atoms with Gasteiger partial charge in [-0.05, 0) is 53.8 Å². The molecular formula is C27H31N3O2. The molecule has 0 aliphatic rings. The molecular weight excluding hydrogens is 398 g/mol. The highest BCUT2D eigenvalue weighted by Gasteiger charge is 2.24. The number of amides is 1. The first-order chi connectivity index (χ1) is 15.6. The van der Waals surface area contributed by atoms with Crippen LogP contribution in [0.3, 0.4) is 0 Å². The Hall–Kier alpha value is -3.47. The van der Waals surface area contributed by atoms with Crippen LogP contribution < -0.4 is 10.1 Å². The van der Waals surface area contributed by atoms with E-state index >= 15 is 0 Å². The third-order valence-corrected chi connectivity index (χ3v) is 5.98. The second kappa shape index (κ2) is 9.77. The summed E-state index contributed by atoms with van der Waals surface area (Å²) in [6, 6.07) is 20.1. The summed E-state index contributed by atoms with van der Waals surface area (Å²) in [6.45, 7) is 4.81. The quantitative estimate of drug-likeness (QED) is 0.368. The summed E-state index contributed by atoms with van der Waals surface area (Å²) in [5.41, 5.74) is 3.40. The van der Waals surface area contributed by atoms with Crippen molar-refractivity contribution in [1.29, 1.82) is 0 Å². The monoisotopic (exact) mass is 429 g/mol. The number of methoxy groups -OCH3 is 1. The number of fused-ring (bicyclic) bond motifs is 1. The second-order valence-corrected chi connectivity index (χ2v) is 8.64. The molecule has 0 aliphatic heterocycles. The van der Waals surface area contributed by atoms with Gasteiger partial charge in [0.2, 0.25) is 5.91 Å². The number of carbonyl (C=O) groups excluding carboxylic acids is 1. The number of ether oxygens (including phenoxy) is 1. The summed E-state index contributed by atoms with van der Waals surface area (Å²) in [6.07, 6.45) is 6.78. The number of nitrogens with one attached hydrogen (secondary N) is 2. The number of para-hydroxylation sites is 1. The van der Waals surface area contributed by atoms with Gasteiger partial charge in [0.05, 0.1) is 7.11 Å². The van der Waals surface area contributed by atoms with Crippen LogP contribution in [0.25, 0.3) is 10.9 Å². The van der Waals surface area contributed by atoms with Crippen LogP contribution in [0.1, 0.15) is 43.4 Å². The van der Waals surface area contributed by atoms with Gasteiger partial charge < -0.3 is 19.6 Å². The van der Waals surface area contributed by atoms with Crippen LogP contribution in [0.2, 0.25) is 0 Å². The van der Waals surface area contributed by atoms with Crippen LogP contribution in [-0.2, 0) is 4.79 Å². The highest BCUT2D eigenvalue weighted by Crippen LogP contribution is 2.31. The molecule has 0 radical (unpaired) electrons. The molecule has 32 heavy (non-hydrogen) atoms. The molecule has 0 bridgehead atoms. The largest absolute Gasteiger partial charge is 0.497 e. The van der Waals surface area contributed by atoms with Crippen molar-refractivity contribution < 1.29 is 9.53 Å². The molecule has 4 aromatic rings. The molecule has 0 fully saturated rings. The van der Waals surface area contributed by atoms with E-state index in [0.29, 0.717) is 12.5 Å². The van der Waals surface area contributed by atoms with Crippen molar-refractivity contribution in [3.63, 3.8) is 0 Å². The van der Waals surface area contributed by atoms with Gasteiger partial charge in [0, 0.05) is 42.0 Å². The molecule has 2 aromatic heterocycles. The summed E-state index contributed by atoms with van der Waals surface area (Å²) >= 11 is 0. The highest BCUT2D eigenvalue weighted by molar-refractivity contribution is 5.84. The Labute approximate surface area is 189 Å². The highest BCUT2D eigenvalue weighted by atomic mass is 16.5. The van der Waals surface area contributed by atoms with E-state index in [2.05, 4.69) is 54.6 Å². The number of H-pyrrole nitrogens is 1. The third kappa shape index (κ3) is 4.72. The van der Waals surface area contributed by atoms with E-state index < -0.39 is 0 Å². The van der Waals surface area contributed by atoms with Gasteiger partial charge in [0.1, 0.15) is 11.8 Å². The van der Waals surface area contributed by atoms with Crippen LogP contribution in [0.5, 0.6) is 5.75 Å². The fourth-order valence-electron chi connectivity index (χ4n) is 4.31. The van der Waals surface area contributed by atoms with Crippen LogP contribution in [-0.4, -0.2) is 29.1 Å². The van der Waals surface area contributed by atoms with E-state index in [-0.39, 0.29) is 17.9 Å². The summed E-state index contributed by atoms with van der Waals surface area (Å²) in [5.74, 6) is 1.30. The van der Waals surface area contributed by atoms with Crippen molar-refractivity contribution in [2.75, 3.05) is 13.7 Å². The number of rotatable bonds is 9. The smallest absolute Gasteiger partial charge is 0.243 e. The number of hydrogen-bond donors (Lipinski definition) is 2. The molecule has 2 atom stereocenters. The molecule has 2 aromatic carbocycles. The molecule has 4 rings (SSSR count). The Kier molecular flexibility index (Phi) is 6.64. The normalized spacial score (nSPS) is 13.2. The number of carbonyl (C=O) groups is 1. The van der Waals surface area contributed by atoms with Crippen LogP contribution >= 0.6 is 0 Å². The van der Waals surface area contributed by atoms with Gasteiger partial charge in [-0.1, -0.05) is 44.2 Å². The van der Waals surface area contributed by atoms with E-state index in [9.17, 15) is 4.79 Å². The van der Waals surface area contributed by atoms with Crippen LogP contribution in [0.15, 0.2) is 79.3 Å². The minimum absolute atomic E-state index is 0.0189. The topological polar surface area (TPSA) is 59.0 Å². The fraction of sp³-hybridized carbons (Fsp3) is 0.296. The van der Waals surface area contributed by atoms with E-state index in [1.807, 2.05) is 53.4 Å². The molecule has 2 N–H and O–H groups in total. The van der Waals surface area contributed by atoms with Gasteiger partial charge >= 0.3 is 0 Å². The molecule has 5 nitrogen and oxygen atoms in total. The lowest BCUT2D eigenvalue weighted by molar-refractivity contribution is -0.124. The first-order valence-corrected chi connectivity index (χ1v) is 11.2. The first kappa shape index (κ1) is 21.8. The molecule has 1 amide bonds.